The van der Waals surface area contributed by atoms with Crippen molar-refractivity contribution in [2.75, 3.05) is 6.54 Å². The lowest BCUT2D eigenvalue weighted by molar-refractivity contribution is -0.127. The number of rotatable bonds is 1. The zero-order valence-electron chi connectivity index (χ0n) is 9.15. The van der Waals surface area contributed by atoms with Crippen LogP contribution in [0.4, 0.5) is 4.79 Å². The molecule has 0 unspecified atom stereocenters. The van der Waals surface area contributed by atoms with E-state index in [4.69, 9.17) is 4.74 Å². The van der Waals surface area contributed by atoms with Crippen LogP contribution < -0.4 is 0 Å². The van der Waals surface area contributed by atoms with Gasteiger partial charge in [0.05, 0.1) is 0 Å². The predicted molar refractivity (Wildman–Crippen MR) is 52.1 cm³/mol. The van der Waals surface area contributed by atoms with E-state index < -0.39 is 11.7 Å². The molecule has 1 saturated heterocycles. The van der Waals surface area contributed by atoms with Crippen molar-refractivity contribution in [1.29, 1.82) is 0 Å². The summed E-state index contributed by atoms with van der Waals surface area (Å²) in [6, 6.07) is 0. The molecule has 5 heteroatoms. The Balaban J connectivity index is 2.62. The Morgan fingerprint density at radius 1 is 1.53 bits per heavy atom. The van der Waals surface area contributed by atoms with Gasteiger partial charge in [-0.2, -0.15) is 0 Å². The van der Waals surface area contributed by atoms with Crippen LogP contribution in [0.25, 0.3) is 0 Å². The smallest absolute Gasteiger partial charge is 0.417 e. The monoisotopic (exact) mass is 213 g/mol. The van der Waals surface area contributed by atoms with Gasteiger partial charge in [-0.1, -0.05) is 0 Å². The SMILES string of the molecule is CC(C)(C)OC(=O)N1C[C@H](C=O)CC1=O. The standard InChI is InChI=1S/C10H15NO4/c1-10(2,3)15-9(14)11-5-7(6-12)4-8(11)13/h6-7H,4-5H2,1-3H3/t7-/m1/s1. The zero-order chi connectivity index (χ0) is 11.6. The molecular formula is C10H15NO4. The van der Waals surface area contributed by atoms with Gasteiger partial charge in [0.15, 0.2) is 0 Å². The van der Waals surface area contributed by atoms with Crippen LogP contribution in [-0.4, -0.2) is 35.3 Å². The van der Waals surface area contributed by atoms with Crippen LogP contribution in [0, 0.1) is 5.92 Å². The molecule has 2 amide bonds. The van der Waals surface area contributed by atoms with Crippen molar-refractivity contribution >= 4 is 18.3 Å². The lowest BCUT2D eigenvalue weighted by Crippen LogP contribution is -2.37. The van der Waals surface area contributed by atoms with Crippen LogP contribution >= 0.6 is 0 Å². The number of likely N-dealkylation sites (tertiary alicyclic amines) is 1. The molecule has 15 heavy (non-hydrogen) atoms. The van der Waals surface area contributed by atoms with Crippen molar-refractivity contribution in [3.05, 3.63) is 0 Å². The van der Waals surface area contributed by atoms with Gasteiger partial charge in [0.2, 0.25) is 5.91 Å². The highest BCUT2D eigenvalue weighted by molar-refractivity contribution is 5.95. The van der Waals surface area contributed by atoms with Gasteiger partial charge in [0.1, 0.15) is 11.9 Å². The summed E-state index contributed by atoms with van der Waals surface area (Å²) in [6.07, 6.45) is 0.127. The van der Waals surface area contributed by atoms with Crippen LogP contribution in [0.2, 0.25) is 0 Å². The van der Waals surface area contributed by atoms with E-state index in [1.165, 1.54) is 0 Å². The zero-order valence-corrected chi connectivity index (χ0v) is 9.15. The second-order valence-corrected chi connectivity index (χ2v) is 4.58. The normalized spacial score (nSPS) is 21.7. The molecule has 0 N–H and O–H groups in total. The largest absolute Gasteiger partial charge is 0.443 e. The Morgan fingerprint density at radius 3 is 2.53 bits per heavy atom. The molecule has 5 nitrogen and oxygen atoms in total. The Labute approximate surface area is 88.4 Å². The molecule has 84 valence electrons. The fourth-order valence-corrected chi connectivity index (χ4v) is 1.32. The third kappa shape index (κ3) is 3.04. The van der Waals surface area contributed by atoms with E-state index >= 15 is 0 Å². The fraction of sp³-hybridized carbons (Fsp3) is 0.700. The number of nitrogens with zero attached hydrogens (tertiary/aromatic N) is 1. The van der Waals surface area contributed by atoms with Crippen LogP contribution in [-0.2, 0) is 14.3 Å². The first kappa shape index (κ1) is 11.7. The molecule has 1 heterocycles. The first-order valence-electron chi connectivity index (χ1n) is 4.82. The van der Waals surface area contributed by atoms with Gasteiger partial charge in [-0.05, 0) is 20.8 Å². The van der Waals surface area contributed by atoms with Crippen molar-refractivity contribution in [2.45, 2.75) is 32.8 Å². The van der Waals surface area contributed by atoms with Gasteiger partial charge in [-0.25, -0.2) is 9.69 Å². The number of hydrogen-bond donors (Lipinski definition) is 0. The van der Waals surface area contributed by atoms with Crippen molar-refractivity contribution in [3.63, 3.8) is 0 Å². The van der Waals surface area contributed by atoms with Gasteiger partial charge in [0, 0.05) is 18.9 Å². The highest BCUT2D eigenvalue weighted by atomic mass is 16.6. The Morgan fingerprint density at radius 2 is 2.13 bits per heavy atom. The lowest BCUT2D eigenvalue weighted by atomic mass is 10.1. The molecular weight excluding hydrogens is 198 g/mol. The molecule has 0 radical (unpaired) electrons. The summed E-state index contributed by atoms with van der Waals surface area (Å²) < 4.78 is 5.04. The maximum atomic E-state index is 11.5. The summed E-state index contributed by atoms with van der Waals surface area (Å²) in [5, 5.41) is 0. The summed E-state index contributed by atoms with van der Waals surface area (Å²) in [7, 11) is 0. The Kier molecular flexibility index (Phi) is 3.12. The van der Waals surface area contributed by atoms with E-state index in [9.17, 15) is 14.4 Å². The Hall–Kier alpha value is -1.39. The lowest BCUT2D eigenvalue weighted by Gasteiger charge is -2.23. The van der Waals surface area contributed by atoms with Crippen molar-refractivity contribution in [3.8, 4) is 0 Å². The predicted octanol–water partition coefficient (Wildman–Crippen LogP) is 0.969. The summed E-state index contributed by atoms with van der Waals surface area (Å²) in [4.78, 5) is 34.3. The molecule has 1 rings (SSSR count). The number of carbonyl (C=O) groups is 3. The quantitative estimate of drug-likeness (QED) is 0.609. The molecule has 0 spiro atoms. The third-order valence-electron chi connectivity index (χ3n) is 1.96. The average molecular weight is 213 g/mol. The molecule has 1 fully saturated rings. The van der Waals surface area contributed by atoms with Crippen molar-refractivity contribution < 1.29 is 19.1 Å². The summed E-state index contributed by atoms with van der Waals surface area (Å²) >= 11 is 0. The van der Waals surface area contributed by atoms with E-state index in [1.807, 2.05) is 0 Å². The molecule has 0 aliphatic carbocycles. The second kappa shape index (κ2) is 4.00. The number of aldehydes is 1. The summed E-state index contributed by atoms with van der Waals surface area (Å²) in [5.41, 5.74) is -0.628. The molecule has 0 saturated carbocycles. The minimum atomic E-state index is -0.670. The van der Waals surface area contributed by atoms with Gasteiger partial charge in [-0.3, -0.25) is 4.79 Å². The molecule has 0 aromatic heterocycles. The number of imide groups is 1. The number of ether oxygens (including phenoxy) is 1. The van der Waals surface area contributed by atoms with Crippen LogP contribution in [0.5, 0.6) is 0 Å². The van der Waals surface area contributed by atoms with Crippen LogP contribution in [0.15, 0.2) is 0 Å². The molecule has 0 aromatic carbocycles. The minimum Gasteiger partial charge on any atom is -0.443 e. The third-order valence-corrected chi connectivity index (χ3v) is 1.96. The Bertz CT molecular complexity index is 292. The van der Waals surface area contributed by atoms with Crippen molar-refractivity contribution in [2.24, 2.45) is 5.92 Å². The van der Waals surface area contributed by atoms with E-state index in [1.54, 1.807) is 20.8 Å². The summed E-state index contributed by atoms with van der Waals surface area (Å²) in [6.45, 7) is 5.31. The first-order chi connectivity index (χ1) is 6.83. The molecule has 1 atom stereocenters. The first-order valence-corrected chi connectivity index (χ1v) is 4.82. The van der Waals surface area contributed by atoms with Gasteiger partial charge in [0.25, 0.3) is 0 Å². The highest BCUT2D eigenvalue weighted by Gasteiger charge is 2.36. The van der Waals surface area contributed by atoms with E-state index in [2.05, 4.69) is 0 Å². The fourth-order valence-electron chi connectivity index (χ4n) is 1.32. The maximum Gasteiger partial charge on any atom is 0.417 e. The minimum absolute atomic E-state index is 0.0999. The van der Waals surface area contributed by atoms with Crippen LogP contribution in [0.3, 0.4) is 0 Å². The van der Waals surface area contributed by atoms with Gasteiger partial charge < -0.3 is 9.53 Å². The van der Waals surface area contributed by atoms with E-state index in [0.29, 0.717) is 6.29 Å². The van der Waals surface area contributed by atoms with Crippen LogP contribution in [0.1, 0.15) is 27.2 Å². The van der Waals surface area contributed by atoms with E-state index in [0.717, 1.165) is 4.90 Å². The molecule has 0 bridgehead atoms. The second-order valence-electron chi connectivity index (χ2n) is 4.58. The topological polar surface area (TPSA) is 63.7 Å². The molecule has 1 aliphatic heterocycles. The summed E-state index contributed by atoms with van der Waals surface area (Å²) in [5.74, 6) is -0.730. The highest BCUT2D eigenvalue weighted by Crippen LogP contribution is 2.19. The molecule has 1 aliphatic rings. The number of hydrogen-bond acceptors (Lipinski definition) is 4. The average Bonchev–Trinajstić information content (AvgIpc) is 2.43. The maximum absolute atomic E-state index is 11.5. The number of amides is 2. The van der Waals surface area contributed by atoms with E-state index in [-0.39, 0.29) is 24.8 Å². The van der Waals surface area contributed by atoms with Gasteiger partial charge in [-0.15, -0.1) is 0 Å². The molecule has 0 aromatic rings. The van der Waals surface area contributed by atoms with Gasteiger partial charge >= 0.3 is 6.09 Å². The van der Waals surface area contributed by atoms with Crippen molar-refractivity contribution in [1.82, 2.24) is 4.90 Å². The number of carbonyl (C=O) groups excluding carboxylic acids is 3.